The monoisotopic (exact) mass is 364 g/mol. The molecule has 144 valence electrons. The minimum Gasteiger partial charge on any atom is -0.328 e. The molecule has 3 heteroatoms. The summed E-state index contributed by atoms with van der Waals surface area (Å²) in [5.74, 6) is 0.874. The third kappa shape index (κ3) is 2.90. The van der Waals surface area contributed by atoms with Gasteiger partial charge in [0.25, 0.3) is 5.91 Å². The Bertz CT molecular complexity index is 777. The van der Waals surface area contributed by atoms with Crippen LogP contribution in [0.4, 0.5) is 0 Å². The Hall–Kier alpha value is -1.48. The number of carbonyl (C=O) groups excluding carboxylic acids is 1. The number of benzene rings is 1. The zero-order valence-electron chi connectivity index (χ0n) is 16.5. The van der Waals surface area contributed by atoms with Gasteiger partial charge in [0.2, 0.25) is 0 Å². The van der Waals surface area contributed by atoms with Crippen molar-refractivity contribution in [1.82, 2.24) is 0 Å². The van der Waals surface area contributed by atoms with Gasteiger partial charge in [-0.05, 0) is 86.5 Å². The number of carbonyl (C=O) groups is 1. The van der Waals surface area contributed by atoms with Crippen LogP contribution < -0.4 is 5.73 Å². The SMILES string of the molecule is CC12CC3CC(C(=O)N=C4CCC(N)CC4)(C1)CC(c1ccccc1)(C3)C2. The second kappa shape index (κ2) is 6.01. The highest BCUT2D eigenvalue weighted by molar-refractivity contribution is 5.98. The molecule has 0 spiro atoms. The molecule has 4 bridgehead atoms. The van der Waals surface area contributed by atoms with Crippen LogP contribution in [0.5, 0.6) is 0 Å². The molecule has 5 aliphatic rings. The number of hydrogen-bond acceptors (Lipinski definition) is 2. The predicted octanol–water partition coefficient (Wildman–Crippen LogP) is 4.78. The van der Waals surface area contributed by atoms with Crippen molar-refractivity contribution in [1.29, 1.82) is 0 Å². The molecule has 0 aromatic heterocycles. The summed E-state index contributed by atoms with van der Waals surface area (Å²) in [7, 11) is 0. The molecule has 0 radical (unpaired) electrons. The molecule has 27 heavy (non-hydrogen) atoms. The Balaban J connectivity index is 1.49. The number of rotatable bonds is 2. The van der Waals surface area contributed by atoms with Gasteiger partial charge in [0, 0.05) is 11.8 Å². The van der Waals surface area contributed by atoms with E-state index in [-0.39, 0.29) is 16.7 Å². The fraction of sp³-hybridized carbons (Fsp3) is 0.667. The molecule has 5 aliphatic carbocycles. The largest absolute Gasteiger partial charge is 0.328 e. The molecule has 4 unspecified atom stereocenters. The van der Waals surface area contributed by atoms with E-state index < -0.39 is 0 Å². The normalized spacial score (nSPS) is 43.0. The highest BCUT2D eigenvalue weighted by Gasteiger charge is 2.64. The van der Waals surface area contributed by atoms with E-state index in [1.807, 2.05) is 0 Å². The summed E-state index contributed by atoms with van der Waals surface area (Å²) in [5.41, 5.74) is 8.84. The highest BCUT2D eigenvalue weighted by atomic mass is 16.1. The summed E-state index contributed by atoms with van der Waals surface area (Å²) in [4.78, 5) is 18.3. The predicted molar refractivity (Wildman–Crippen MR) is 109 cm³/mol. The van der Waals surface area contributed by atoms with E-state index >= 15 is 0 Å². The van der Waals surface area contributed by atoms with E-state index in [0.29, 0.717) is 17.4 Å². The Labute approximate surface area is 162 Å². The molecular weight excluding hydrogens is 332 g/mol. The standard InChI is InChI=1S/C24H32N2O/c1-22-11-17-12-23(14-22,18-5-3-2-4-6-18)16-24(13-17,15-22)21(27)26-20-9-7-19(25)8-10-20/h2-6,17,19H,7-16,25H2,1H3. The van der Waals surface area contributed by atoms with Crippen molar-refractivity contribution in [2.75, 3.05) is 0 Å². The van der Waals surface area contributed by atoms with E-state index in [1.54, 1.807) is 0 Å². The van der Waals surface area contributed by atoms with Crippen LogP contribution in [0, 0.1) is 16.7 Å². The van der Waals surface area contributed by atoms with Gasteiger partial charge in [0.05, 0.1) is 5.41 Å². The molecule has 5 fully saturated rings. The van der Waals surface area contributed by atoms with Crippen LogP contribution in [0.15, 0.2) is 35.3 Å². The van der Waals surface area contributed by atoms with Crippen molar-refractivity contribution in [3.8, 4) is 0 Å². The van der Waals surface area contributed by atoms with Crippen molar-refractivity contribution in [2.45, 2.75) is 82.6 Å². The first-order valence-electron chi connectivity index (χ1n) is 10.8. The maximum Gasteiger partial charge on any atom is 0.251 e. The number of amides is 1. The topological polar surface area (TPSA) is 55.5 Å². The van der Waals surface area contributed by atoms with E-state index in [1.165, 1.54) is 24.8 Å². The van der Waals surface area contributed by atoms with Crippen molar-refractivity contribution in [3.63, 3.8) is 0 Å². The lowest BCUT2D eigenvalue weighted by atomic mass is 9.38. The van der Waals surface area contributed by atoms with Crippen LogP contribution in [-0.2, 0) is 10.2 Å². The minimum atomic E-state index is -0.226. The first-order chi connectivity index (χ1) is 12.9. The summed E-state index contributed by atoms with van der Waals surface area (Å²) >= 11 is 0. The minimum absolute atomic E-state index is 0.181. The van der Waals surface area contributed by atoms with Crippen molar-refractivity contribution in [2.24, 2.45) is 27.5 Å². The van der Waals surface area contributed by atoms with Gasteiger partial charge in [0.15, 0.2) is 0 Å². The molecule has 1 amide bonds. The van der Waals surface area contributed by atoms with E-state index in [0.717, 1.165) is 50.7 Å². The fourth-order valence-corrected chi connectivity index (χ4v) is 7.62. The van der Waals surface area contributed by atoms with Gasteiger partial charge in [-0.2, -0.15) is 0 Å². The summed E-state index contributed by atoms with van der Waals surface area (Å²) in [6.07, 6.45) is 10.7. The van der Waals surface area contributed by atoms with E-state index in [4.69, 9.17) is 10.7 Å². The summed E-state index contributed by atoms with van der Waals surface area (Å²) < 4.78 is 0. The van der Waals surface area contributed by atoms with E-state index in [2.05, 4.69) is 37.3 Å². The molecule has 0 saturated heterocycles. The lowest BCUT2D eigenvalue weighted by Crippen LogP contribution is -2.60. The first kappa shape index (κ1) is 17.6. The molecule has 3 nitrogen and oxygen atoms in total. The average Bonchev–Trinajstić information content (AvgIpc) is 2.62. The summed E-state index contributed by atoms with van der Waals surface area (Å²) in [6.45, 7) is 2.43. The Morgan fingerprint density at radius 3 is 2.48 bits per heavy atom. The number of hydrogen-bond donors (Lipinski definition) is 1. The molecule has 4 atom stereocenters. The van der Waals surface area contributed by atoms with Crippen molar-refractivity contribution < 1.29 is 4.79 Å². The second-order valence-electron chi connectivity index (χ2n) is 10.6. The van der Waals surface area contributed by atoms with Gasteiger partial charge >= 0.3 is 0 Å². The van der Waals surface area contributed by atoms with Crippen LogP contribution in [0.3, 0.4) is 0 Å². The van der Waals surface area contributed by atoms with Crippen molar-refractivity contribution >= 4 is 11.6 Å². The first-order valence-corrected chi connectivity index (χ1v) is 10.8. The van der Waals surface area contributed by atoms with Gasteiger partial charge in [-0.15, -0.1) is 0 Å². The third-order valence-electron chi connectivity index (χ3n) is 8.05. The zero-order valence-corrected chi connectivity index (χ0v) is 16.5. The highest BCUT2D eigenvalue weighted by Crippen LogP contribution is 2.70. The smallest absolute Gasteiger partial charge is 0.251 e. The maximum atomic E-state index is 13.5. The molecule has 0 aliphatic heterocycles. The lowest BCUT2D eigenvalue weighted by Gasteiger charge is -2.65. The zero-order chi connectivity index (χ0) is 18.7. The molecule has 1 aromatic carbocycles. The molecule has 5 saturated carbocycles. The van der Waals surface area contributed by atoms with Crippen LogP contribution in [0.1, 0.15) is 76.7 Å². The quantitative estimate of drug-likeness (QED) is 0.821. The molecule has 2 N–H and O–H groups in total. The molecule has 0 heterocycles. The summed E-state index contributed by atoms with van der Waals surface area (Å²) in [6, 6.07) is 11.3. The van der Waals surface area contributed by atoms with E-state index in [9.17, 15) is 4.79 Å². The summed E-state index contributed by atoms with van der Waals surface area (Å²) in [5, 5.41) is 0. The van der Waals surface area contributed by atoms with Crippen LogP contribution in [0.2, 0.25) is 0 Å². The Morgan fingerprint density at radius 2 is 1.78 bits per heavy atom. The number of nitrogens with zero attached hydrogens (tertiary/aromatic N) is 1. The van der Waals surface area contributed by atoms with Crippen LogP contribution >= 0.6 is 0 Å². The van der Waals surface area contributed by atoms with Gasteiger partial charge in [-0.25, -0.2) is 4.99 Å². The van der Waals surface area contributed by atoms with Gasteiger partial charge in [-0.3, -0.25) is 4.79 Å². The lowest BCUT2D eigenvalue weighted by molar-refractivity contribution is -0.156. The number of aliphatic imine (C=N–C) groups is 1. The maximum absolute atomic E-state index is 13.5. The Morgan fingerprint density at radius 1 is 1.04 bits per heavy atom. The second-order valence-corrected chi connectivity index (χ2v) is 10.6. The average molecular weight is 365 g/mol. The van der Waals surface area contributed by atoms with Gasteiger partial charge in [0.1, 0.15) is 0 Å². The molecular formula is C24H32N2O. The van der Waals surface area contributed by atoms with Crippen LogP contribution in [0.25, 0.3) is 0 Å². The Kier molecular flexibility index (Phi) is 3.92. The van der Waals surface area contributed by atoms with Gasteiger partial charge < -0.3 is 5.73 Å². The van der Waals surface area contributed by atoms with Crippen molar-refractivity contribution in [3.05, 3.63) is 35.9 Å². The van der Waals surface area contributed by atoms with Crippen LogP contribution in [-0.4, -0.2) is 17.7 Å². The number of nitrogens with two attached hydrogens (primary N) is 1. The van der Waals surface area contributed by atoms with Gasteiger partial charge in [-0.1, -0.05) is 37.3 Å². The molecule has 1 aromatic rings. The fourth-order valence-electron chi connectivity index (χ4n) is 7.62. The third-order valence-corrected chi connectivity index (χ3v) is 8.05. The molecule has 6 rings (SSSR count).